The maximum Gasteiger partial charge on any atom is 0.335 e. The second-order valence-electron chi connectivity index (χ2n) is 6.67. The number of nitrogens with zero attached hydrogens (tertiary/aromatic N) is 3. The Bertz CT molecular complexity index is 1180. The van der Waals surface area contributed by atoms with Gasteiger partial charge in [0, 0.05) is 18.2 Å². The molecule has 0 aliphatic carbocycles. The predicted octanol–water partition coefficient (Wildman–Crippen LogP) is 4.32. The highest BCUT2D eigenvalue weighted by molar-refractivity contribution is 8.18. The Labute approximate surface area is 193 Å². The minimum Gasteiger partial charge on any atom is -0.493 e. The Morgan fingerprint density at radius 2 is 2.06 bits per heavy atom. The number of hydrogen-bond donors (Lipinski definition) is 1. The van der Waals surface area contributed by atoms with E-state index in [0.29, 0.717) is 29.6 Å². The number of carbonyl (C=O) groups excluding carboxylic acids is 1. The number of non-ortho nitro benzene ring substituents is 1. The summed E-state index contributed by atoms with van der Waals surface area (Å²) >= 11 is 1.08. The van der Waals surface area contributed by atoms with Crippen molar-refractivity contribution in [3.63, 3.8) is 0 Å². The number of benzene rings is 2. The van der Waals surface area contributed by atoms with Crippen LogP contribution in [0.25, 0.3) is 6.08 Å². The lowest BCUT2D eigenvalue weighted by atomic mass is 10.1. The first kappa shape index (κ1) is 23.8. The molecular weight excluding hydrogens is 450 g/mol. The van der Waals surface area contributed by atoms with Gasteiger partial charge in [0.25, 0.3) is 11.6 Å². The zero-order valence-electron chi connectivity index (χ0n) is 18.1. The molecule has 0 saturated carbocycles. The lowest BCUT2D eigenvalue weighted by Gasteiger charge is -2.13. The Morgan fingerprint density at radius 3 is 2.67 bits per heavy atom. The highest BCUT2D eigenvalue weighted by Crippen LogP contribution is 2.40. The molecule has 1 fully saturated rings. The molecule has 0 bridgehead atoms. The van der Waals surface area contributed by atoms with E-state index in [4.69, 9.17) is 9.47 Å². The summed E-state index contributed by atoms with van der Waals surface area (Å²) in [5.41, 5.74) is 0.584. The van der Waals surface area contributed by atoms with Crippen LogP contribution in [0.5, 0.6) is 11.5 Å². The van der Waals surface area contributed by atoms with E-state index in [1.165, 1.54) is 42.4 Å². The largest absolute Gasteiger partial charge is 0.493 e. The van der Waals surface area contributed by atoms with E-state index in [9.17, 15) is 24.8 Å². The molecule has 0 aromatic heterocycles. The van der Waals surface area contributed by atoms with Crippen molar-refractivity contribution in [2.45, 2.75) is 13.8 Å². The zero-order chi connectivity index (χ0) is 24.1. The number of amidine groups is 1. The maximum atomic E-state index is 13.0. The third-order valence-corrected chi connectivity index (χ3v) is 5.60. The third kappa shape index (κ3) is 5.14. The number of aliphatic imine (C=N–C) groups is 1. The fraction of sp³-hybridized carbons (Fsp3) is 0.227. The monoisotopic (exact) mass is 471 g/mol. The van der Waals surface area contributed by atoms with Crippen LogP contribution in [-0.2, 0) is 4.79 Å². The van der Waals surface area contributed by atoms with Gasteiger partial charge in [-0.25, -0.2) is 9.79 Å². The zero-order valence-corrected chi connectivity index (χ0v) is 18.9. The van der Waals surface area contributed by atoms with Crippen molar-refractivity contribution in [3.8, 4) is 11.5 Å². The molecule has 2 aromatic rings. The fourth-order valence-corrected chi connectivity index (χ4v) is 4.16. The van der Waals surface area contributed by atoms with Crippen LogP contribution in [-0.4, -0.2) is 52.2 Å². The normalized spacial score (nSPS) is 15.8. The fourth-order valence-electron chi connectivity index (χ4n) is 3.10. The first-order valence-corrected chi connectivity index (χ1v) is 10.7. The molecule has 0 radical (unpaired) electrons. The number of likely N-dealkylation sites (N-methyl/N-ethyl adjacent to an activating group) is 1. The Kier molecular flexibility index (Phi) is 7.34. The van der Waals surface area contributed by atoms with Crippen LogP contribution in [0.3, 0.4) is 0 Å². The minimum atomic E-state index is -1.08. The molecule has 10 nitrogen and oxygen atoms in total. The summed E-state index contributed by atoms with van der Waals surface area (Å²) in [5.74, 6) is -0.944. The van der Waals surface area contributed by atoms with Crippen molar-refractivity contribution >= 4 is 46.3 Å². The van der Waals surface area contributed by atoms with E-state index < -0.39 is 10.9 Å². The molecule has 0 atom stereocenters. The van der Waals surface area contributed by atoms with Gasteiger partial charge in [-0.05, 0) is 49.9 Å². The number of carbonyl (C=O) groups is 2. The van der Waals surface area contributed by atoms with Crippen LogP contribution in [0.4, 0.5) is 11.4 Å². The quantitative estimate of drug-likeness (QED) is 0.342. The number of rotatable bonds is 8. The smallest absolute Gasteiger partial charge is 0.335 e. The van der Waals surface area contributed by atoms with Gasteiger partial charge < -0.3 is 14.6 Å². The lowest BCUT2D eigenvalue weighted by molar-refractivity contribution is -0.385. The molecule has 1 aliphatic heterocycles. The highest BCUT2D eigenvalue weighted by Gasteiger charge is 2.33. The van der Waals surface area contributed by atoms with Crippen LogP contribution < -0.4 is 9.47 Å². The highest BCUT2D eigenvalue weighted by atomic mass is 32.2. The van der Waals surface area contributed by atoms with E-state index in [0.717, 1.165) is 11.8 Å². The molecule has 0 unspecified atom stereocenters. The number of carboxylic acids is 1. The maximum absolute atomic E-state index is 13.0. The minimum absolute atomic E-state index is 0.0787. The molecule has 172 valence electrons. The van der Waals surface area contributed by atoms with Gasteiger partial charge in [0.2, 0.25) is 0 Å². The van der Waals surface area contributed by atoms with E-state index in [1.54, 1.807) is 26.0 Å². The van der Waals surface area contributed by atoms with Crippen molar-refractivity contribution in [3.05, 3.63) is 62.5 Å². The summed E-state index contributed by atoms with van der Waals surface area (Å²) in [5, 5.41) is 20.9. The molecule has 1 saturated heterocycles. The van der Waals surface area contributed by atoms with Gasteiger partial charge in [0.05, 0.1) is 40.9 Å². The van der Waals surface area contributed by atoms with Crippen molar-refractivity contribution < 1.29 is 29.1 Å². The van der Waals surface area contributed by atoms with E-state index in [1.807, 2.05) is 0 Å². The number of aromatic carboxylic acids is 1. The number of carboxylic acid groups (broad SMARTS) is 1. The number of ether oxygens (including phenoxy) is 2. The molecule has 0 spiro atoms. The molecule has 1 heterocycles. The molecule has 3 rings (SSSR count). The van der Waals surface area contributed by atoms with Crippen molar-refractivity contribution in [2.24, 2.45) is 4.99 Å². The van der Waals surface area contributed by atoms with Gasteiger partial charge in [-0.15, -0.1) is 0 Å². The molecule has 1 N–H and O–H groups in total. The van der Waals surface area contributed by atoms with Crippen LogP contribution in [0.1, 0.15) is 29.8 Å². The number of methoxy groups -OCH3 is 1. The summed E-state index contributed by atoms with van der Waals surface area (Å²) in [6.07, 6.45) is 1.51. The molecule has 2 aromatic carbocycles. The van der Waals surface area contributed by atoms with Crippen LogP contribution >= 0.6 is 11.8 Å². The van der Waals surface area contributed by atoms with Crippen LogP contribution in [0.2, 0.25) is 0 Å². The van der Waals surface area contributed by atoms with E-state index in [2.05, 4.69) is 4.99 Å². The summed E-state index contributed by atoms with van der Waals surface area (Å²) < 4.78 is 10.9. The predicted molar refractivity (Wildman–Crippen MR) is 124 cm³/mol. The van der Waals surface area contributed by atoms with Gasteiger partial charge >= 0.3 is 5.97 Å². The molecule has 33 heavy (non-hydrogen) atoms. The standard InChI is InChI=1S/C22H21N3O7S/c1-4-24-20(26)18(33-22(24)23-15-8-6-7-13(9-15)21(27)28)11-14-10-16(25(29)30)12-17(31-3)19(14)32-5-2/h6-12H,4-5H2,1-3H3,(H,27,28)/b18-11+,23-22?. The van der Waals surface area contributed by atoms with Crippen molar-refractivity contribution in [1.82, 2.24) is 4.90 Å². The second-order valence-corrected chi connectivity index (χ2v) is 7.68. The Morgan fingerprint density at radius 1 is 1.30 bits per heavy atom. The van der Waals surface area contributed by atoms with Crippen LogP contribution in [0, 0.1) is 10.1 Å². The topological polar surface area (TPSA) is 132 Å². The average molecular weight is 471 g/mol. The first-order chi connectivity index (χ1) is 15.8. The second kappa shape index (κ2) is 10.2. The van der Waals surface area contributed by atoms with E-state index in [-0.39, 0.29) is 33.6 Å². The van der Waals surface area contributed by atoms with Crippen molar-refractivity contribution in [2.75, 3.05) is 20.3 Å². The lowest BCUT2D eigenvalue weighted by Crippen LogP contribution is -2.28. The molecule has 11 heteroatoms. The number of thioether (sulfide) groups is 1. The summed E-state index contributed by atoms with van der Waals surface area (Å²) in [4.78, 5) is 41.2. The SMILES string of the molecule is CCOc1c(/C=C2/SC(=Nc3cccc(C(=O)O)c3)N(CC)C2=O)cc([N+](=O)[O-])cc1OC. The Balaban J connectivity index is 2.07. The van der Waals surface area contributed by atoms with Crippen molar-refractivity contribution in [1.29, 1.82) is 0 Å². The van der Waals surface area contributed by atoms with Gasteiger partial charge in [0.15, 0.2) is 16.7 Å². The Hall–Kier alpha value is -3.86. The number of nitro groups is 1. The molecule has 1 aliphatic rings. The van der Waals surface area contributed by atoms with Gasteiger partial charge in [0.1, 0.15) is 0 Å². The summed E-state index contributed by atoms with van der Waals surface area (Å²) in [6.45, 7) is 4.17. The number of amides is 1. The number of nitro benzene ring substituents is 1. The first-order valence-electron chi connectivity index (χ1n) is 9.91. The third-order valence-electron chi connectivity index (χ3n) is 4.60. The average Bonchev–Trinajstić information content (AvgIpc) is 3.08. The number of hydrogen-bond acceptors (Lipinski definition) is 8. The molecular formula is C22H21N3O7S. The van der Waals surface area contributed by atoms with Gasteiger partial charge in [-0.2, -0.15) is 0 Å². The van der Waals surface area contributed by atoms with E-state index >= 15 is 0 Å². The van der Waals surface area contributed by atoms with Gasteiger partial charge in [-0.3, -0.25) is 19.8 Å². The summed E-state index contributed by atoms with van der Waals surface area (Å²) in [7, 11) is 1.38. The van der Waals surface area contributed by atoms with Crippen LogP contribution in [0.15, 0.2) is 46.3 Å². The van der Waals surface area contributed by atoms with Gasteiger partial charge in [-0.1, -0.05) is 6.07 Å². The molecule has 1 amide bonds. The summed E-state index contributed by atoms with van der Waals surface area (Å²) in [6, 6.07) is 8.65.